The molecule has 0 aromatic carbocycles. The molecule has 1 fully saturated rings. The fraction of sp³-hybridized carbons (Fsp3) is 0.583. The van der Waals surface area contributed by atoms with Crippen LogP contribution in [0.4, 0.5) is 10.7 Å². The number of carbonyl (C=O) groups is 1. The highest BCUT2D eigenvalue weighted by atomic mass is 32.2. The second-order valence-electron chi connectivity index (χ2n) is 4.99. The number of nitrogen functional groups attached to an aromatic ring is 1. The van der Waals surface area contributed by atoms with Gasteiger partial charge in [0.25, 0.3) is 0 Å². The van der Waals surface area contributed by atoms with Crippen molar-refractivity contribution in [3.8, 4) is 0 Å². The Hall–Kier alpha value is -1.08. The van der Waals surface area contributed by atoms with E-state index in [0.29, 0.717) is 21.8 Å². The molecule has 0 bridgehead atoms. The van der Waals surface area contributed by atoms with Crippen LogP contribution in [0.15, 0.2) is 4.90 Å². The third-order valence-electron chi connectivity index (χ3n) is 3.35. The van der Waals surface area contributed by atoms with E-state index in [1.165, 1.54) is 6.92 Å². The summed E-state index contributed by atoms with van der Waals surface area (Å²) in [5, 5.41) is 3.72. The maximum absolute atomic E-state index is 11.8. The van der Waals surface area contributed by atoms with E-state index in [9.17, 15) is 13.2 Å². The van der Waals surface area contributed by atoms with Gasteiger partial charge in [-0.1, -0.05) is 13.3 Å². The number of nitrogens with two attached hydrogens (primary N) is 1. The summed E-state index contributed by atoms with van der Waals surface area (Å²) in [5.41, 5.74) is 5.90. The van der Waals surface area contributed by atoms with Gasteiger partial charge in [-0.25, -0.2) is 8.42 Å². The number of nitrogens with one attached hydrogen (secondary N) is 1. The zero-order valence-electron chi connectivity index (χ0n) is 11.2. The molecule has 0 spiro atoms. The number of hydrogen-bond acceptors (Lipinski definition) is 6. The first-order valence-electron chi connectivity index (χ1n) is 6.15. The number of sulfone groups is 1. The molecule has 106 valence electrons. The van der Waals surface area contributed by atoms with Crippen LogP contribution >= 0.6 is 11.3 Å². The molecular formula is C12H18N2O3S2. The van der Waals surface area contributed by atoms with Crippen molar-refractivity contribution in [1.82, 2.24) is 0 Å². The molecule has 7 heteroatoms. The van der Waals surface area contributed by atoms with Gasteiger partial charge in [0.05, 0.1) is 10.6 Å². The molecule has 0 aliphatic heterocycles. The molecule has 2 atom stereocenters. The molecule has 2 rings (SSSR count). The van der Waals surface area contributed by atoms with Crippen LogP contribution in [0.3, 0.4) is 0 Å². The van der Waals surface area contributed by atoms with E-state index >= 15 is 0 Å². The second kappa shape index (κ2) is 4.79. The highest BCUT2D eigenvalue weighted by Gasteiger charge is 2.37. The van der Waals surface area contributed by atoms with Crippen LogP contribution in [-0.4, -0.2) is 26.5 Å². The van der Waals surface area contributed by atoms with E-state index in [1.54, 1.807) is 0 Å². The SMILES string of the molecule is CCC1CC1Nc1sc(C(C)=O)c(N)c1S(C)(=O)=O. The molecule has 1 aliphatic rings. The van der Waals surface area contributed by atoms with Gasteiger partial charge >= 0.3 is 0 Å². The van der Waals surface area contributed by atoms with Gasteiger partial charge in [-0.2, -0.15) is 0 Å². The van der Waals surface area contributed by atoms with Gasteiger partial charge in [0.15, 0.2) is 15.6 Å². The fourth-order valence-corrected chi connectivity index (χ4v) is 4.71. The zero-order valence-corrected chi connectivity index (χ0v) is 12.8. The highest BCUT2D eigenvalue weighted by Crippen LogP contribution is 2.44. The summed E-state index contributed by atoms with van der Waals surface area (Å²) in [7, 11) is -3.45. The first-order chi connectivity index (χ1) is 8.75. The number of thiophene rings is 1. The average Bonchev–Trinajstić information content (AvgIpc) is 2.92. The third kappa shape index (κ3) is 2.76. The van der Waals surface area contributed by atoms with Crippen LogP contribution in [0.5, 0.6) is 0 Å². The van der Waals surface area contributed by atoms with E-state index in [2.05, 4.69) is 12.2 Å². The van der Waals surface area contributed by atoms with Crippen molar-refractivity contribution in [3.05, 3.63) is 4.88 Å². The standard InChI is InChI=1S/C12H18N2O3S2/c1-4-7-5-8(7)14-12-11(19(3,16)17)9(13)10(18-12)6(2)15/h7-8,14H,4-5,13H2,1-3H3. The molecule has 1 aliphatic carbocycles. The lowest BCUT2D eigenvalue weighted by atomic mass is 10.3. The van der Waals surface area contributed by atoms with Gasteiger partial charge in [-0.15, -0.1) is 11.3 Å². The van der Waals surface area contributed by atoms with Crippen molar-refractivity contribution in [2.45, 2.75) is 37.6 Å². The average molecular weight is 302 g/mol. The molecule has 3 N–H and O–H groups in total. The topological polar surface area (TPSA) is 89.3 Å². The first kappa shape index (κ1) is 14.3. The predicted molar refractivity (Wildman–Crippen MR) is 77.7 cm³/mol. The number of hydrogen-bond donors (Lipinski definition) is 2. The van der Waals surface area contributed by atoms with Crippen molar-refractivity contribution >= 4 is 37.6 Å². The summed E-state index contributed by atoms with van der Waals surface area (Å²) in [6.07, 6.45) is 3.21. The van der Waals surface area contributed by atoms with Crippen molar-refractivity contribution < 1.29 is 13.2 Å². The Kier molecular flexibility index (Phi) is 3.61. The fourth-order valence-electron chi connectivity index (χ4n) is 2.20. The monoisotopic (exact) mass is 302 g/mol. The summed E-state index contributed by atoms with van der Waals surface area (Å²) in [6, 6.07) is 0.295. The van der Waals surface area contributed by atoms with E-state index in [4.69, 9.17) is 5.73 Å². The predicted octanol–water partition coefficient (Wildman–Crippen LogP) is 2.15. The number of rotatable bonds is 5. The lowest BCUT2D eigenvalue weighted by Crippen LogP contribution is -2.08. The van der Waals surface area contributed by atoms with Crippen LogP contribution in [0.25, 0.3) is 0 Å². The van der Waals surface area contributed by atoms with Crippen molar-refractivity contribution in [2.75, 3.05) is 17.3 Å². The summed E-state index contributed by atoms with van der Waals surface area (Å²) in [6.45, 7) is 3.50. The van der Waals surface area contributed by atoms with Crippen molar-refractivity contribution in [3.63, 3.8) is 0 Å². The maximum atomic E-state index is 11.8. The molecule has 1 heterocycles. The number of carbonyl (C=O) groups excluding carboxylic acids is 1. The zero-order chi connectivity index (χ0) is 14.4. The minimum Gasteiger partial charge on any atom is -0.396 e. The normalized spacial score (nSPS) is 22.3. The Labute approximate surface area is 117 Å². The van der Waals surface area contributed by atoms with Crippen molar-refractivity contribution in [2.24, 2.45) is 5.92 Å². The van der Waals surface area contributed by atoms with Crippen LogP contribution in [0.2, 0.25) is 0 Å². The molecule has 0 radical (unpaired) electrons. The molecule has 19 heavy (non-hydrogen) atoms. The highest BCUT2D eigenvalue weighted by molar-refractivity contribution is 7.91. The largest absolute Gasteiger partial charge is 0.396 e. The van der Waals surface area contributed by atoms with E-state index < -0.39 is 9.84 Å². The smallest absolute Gasteiger partial charge is 0.180 e. The third-order valence-corrected chi connectivity index (χ3v) is 5.89. The molecule has 2 unspecified atom stereocenters. The Morgan fingerprint density at radius 2 is 2.16 bits per heavy atom. The van der Waals surface area contributed by atoms with Gasteiger partial charge < -0.3 is 11.1 Å². The molecule has 0 saturated heterocycles. The Bertz CT molecular complexity index is 619. The number of Topliss-reactive ketones (excluding diaryl/α,β-unsaturated/α-hetero) is 1. The Balaban J connectivity index is 2.42. The molecule has 1 aromatic heterocycles. The van der Waals surface area contributed by atoms with Crippen LogP contribution < -0.4 is 11.1 Å². The lowest BCUT2D eigenvalue weighted by molar-refractivity contribution is 0.102. The van der Waals surface area contributed by atoms with E-state index in [1.807, 2.05) is 0 Å². The Morgan fingerprint density at radius 1 is 1.53 bits per heavy atom. The van der Waals surface area contributed by atoms with Gasteiger partial charge in [0.1, 0.15) is 9.90 Å². The number of ketones is 1. The van der Waals surface area contributed by atoms with Gasteiger partial charge in [-0.05, 0) is 12.3 Å². The molecule has 1 saturated carbocycles. The summed E-state index contributed by atoms with van der Waals surface area (Å²) >= 11 is 1.14. The minimum absolute atomic E-state index is 0.0736. The lowest BCUT2D eigenvalue weighted by Gasteiger charge is -2.05. The first-order valence-corrected chi connectivity index (χ1v) is 8.86. The van der Waals surface area contributed by atoms with Crippen LogP contribution in [-0.2, 0) is 9.84 Å². The van der Waals surface area contributed by atoms with Crippen LogP contribution in [0, 0.1) is 5.92 Å². The minimum atomic E-state index is -3.45. The number of anilines is 2. The Morgan fingerprint density at radius 3 is 2.58 bits per heavy atom. The second-order valence-corrected chi connectivity index (χ2v) is 7.96. The maximum Gasteiger partial charge on any atom is 0.180 e. The molecular weight excluding hydrogens is 284 g/mol. The summed E-state index contributed by atoms with van der Waals surface area (Å²) in [4.78, 5) is 11.9. The van der Waals surface area contributed by atoms with E-state index in [-0.39, 0.29) is 16.4 Å². The molecule has 0 amide bonds. The van der Waals surface area contributed by atoms with Crippen LogP contribution in [0.1, 0.15) is 36.4 Å². The van der Waals surface area contributed by atoms with Gasteiger partial charge in [0, 0.05) is 19.2 Å². The van der Waals surface area contributed by atoms with Gasteiger partial charge in [0.2, 0.25) is 0 Å². The quantitative estimate of drug-likeness (QED) is 0.813. The summed E-state index contributed by atoms with van der Waals surface area (Å²) < 4.78 is 23.7. The molecule has 1 aromatic rings. The van der Waals surface area contributed by atoms with E-state index in [0.717, 1.165) is 30.4 Å². The van der Waals surface area contributed by atoms with Crippen molar-refractivity contribution in [1.29, 1.82) is 0 Å². The summed E-state index contributed by atoms with van der Waals surface area (Å²) in [5.74, 6) is 0.375. The molecule has 5 nitrogen and oxygen atoms in total. The van der Waals surface area contributed by atoms with Gasteiger partial charge in [-0.3, -0.25) is 4.79 Å².